The molecule has 0 bridgehead atoms. The molecular weight excluding hydrogens is 324 g/mol. The van der Waals surface area contributed by atoms with E-state index in [9.17, 15) is 9.59 Å². The van der Waals surface area contributed by atoms with Gasteiger partial charge in [0.15, 0.2) is 11.5 Å². The lowest BCUT2D eigenvalue weighted by atomic mass is 10.2. The lowest BCUT2D eigenvalue weighted by Crippen LogP contribution is -2.36. The molecule has 2 aromatic rings. The first kappa shape index (κ1) is 15.2. The predicted octanol–water partition coefficient (Wildman–Crippen LogP) is 1.71. The molecular formula is C15H13ClN2O5. The Kier molecular flexibility index (Phi) is 4.38. The van der Waals surface area contributed by atoms with Crippen LogP contribution in [0.2, 0.25) is 5.02 Å². The minimum Gasteiger partial charge on any atom is -0.467 e. The summed E-state index contributed by atoms with van der Waals surface area (Å²) in [4.78, 5) is 23.8. The van der Waals surface area contributed by atoms with Gasteiger partial charge in [-0.15, -0.1) is 0 Å². The van der Waals surface area contributed by atoms with Gasteiger partial charge in [-0.2, -0.15) is 0 Å². The van der Waals surface area contributed by atoms with Crippen LogP contribution in [0.4, 0.5) is 0 Å². The third kappa shape index (κ3) is 3.57. The fourth-order valence-corrected chi connectivity index (χ4v) is 2.29. The standard InChI is InChI=1S/C15H13ClN2O5/c16-11-4-9(5-12-14(11)23-8-22-12)15(20)18-7-13(19)17-6-10-2-1-3-21-10/h1-5H,6-8H2,(H,17,19)(H,18,20). The number of halogens is 1. The van der Waals surface area contributed by atoms with E-state index in [0.29, 0.717) is 17.3 Å². The molecule has 0 saturated carbocycles. The number of nitrogens with one attached hydrogen (secondary N) is 2. The first-order valence-corrected chi connectivity index (χ1v) is 7.17. The molecule has 1 aromatic carbocycles. The number of carbonyl (C=O) groups is 2. The van der Waals surface area contributed by atoms with E-state index >= 15 is 0 Å². The Morgan fingerprint density at radius 2 is 2.09 bits per heavy atom. The van der Waals surface area contributed by atoms with Crippen molar-refractivity contribution in [2.75, 3.05) is 13.3 Å². The number of carbonyl (C=O) groups excluding carboxylic acids is 2. The number of benzene rings is 1. The van der Waals surface area contributed by atoms with Crippen LogP contribution in [0.5, 0.6) is 11.5 Å². The second kappa shape index (κ2) is 6.62. The average molecular weight is 337 g/mol. The molecule has 0 spiro atoms. The number of ether oxygens (including phenoxy) is 2. The van der Waals surface area contributed by atoms with Gasteiger partial charge in [-0.05, 0) is 24.3 Å². The van der Waals surface area contributed by atoms with Gasteiger partial charge in [-0.1, -0.05) is 11.6 Å². The van der Waals surface area contributed by atoms with Crippen LogP contribution in [0.1, 0.15) is 16.1 Å². The minimum absolute atomic E-state index is 0.0648. The van der Waals surface area contributed by atoms with Crippen LogP contribution in [0, 0.1) is 0 Å². The molecule has 1 aliphatic rings. The Morgan fingerprint density at radius 3 is 2.87 bits per heavy atom. The largest absolute Gasteiger partial charge is 0.467 e. The van der Waals surface area contributed by atoms with E-state index in [0.717, 1.165) is 0 Å². The van der Waals surface area contributed by atoms with E-state index in [4.69, 9.17) is 25.5 Å². The van der Waals surface area contributed by atoms with Crippen molar-refractivity contribution in [1.82, 2.24) is 10.6 Å². The van der Waals surface area contributed by atoms with Crippen LogP contribution in [-0.4, -0.2) is 25.2 Å². The molecule has 0 aliphatic carbocycles. The van der Waals surface area contributed by atoms with E-state index in [1.807, 2.05) is 0 Å². The summed E-state index contributed by atoms with van der Waals surface area (Å²) in [5, 5.41) is 5.42. The van der Waals surface area contributed by atoms with Crippen LogP contribution in [0.15, 0.2) is 34.9 Å². The molecule has 3 rings (SSSR count). The van der Waals surface area contributed by atoms with Crippen molar-refractivity contribution < 1.29 is 23.5 Å². The molecule has 120 valence electrons. The number of hydrogen-bond donors (Lipinski definition) is 2. The van der Waals surface area contributed by atoms with Gasteiger partial charge >= 0.3 is 0 Å². The summed E-state index contributed by atoms with van der Waals surface area (Å²) in [6.07, 6.45) is 1.52. The molecule has 0 fully saturated rings. The maximum Gasteiger partial charge on any atom is 0.251 e. The monoisotopic (exact) mass is 336 g/mol. The van der Waals surface area contributed by atoms with E-state index < -0.39 is 5.91 Å². The van der Waals surface area contributed by atoms with Crippen LogP contribution in [0.25, 0.3) is 0 Å². The van der Waals surface area contributed by atoms with Gasteiger partial charge in [0.2, 0.25) is 12.7 Å². The topological polar surface area (TPSA) is 89.8 Å². The van der Waals surface area contributed by atoms with Gasteiger partial charge in [0.05, 0.1) is 24.4 Å². The van der Waals surface area contributed by atoms with Crippen LogP contribution < -0.4 is 20.1 Å². The Hall–Kier alpha value is -2.67. The van der Waals surface area contributed by atoms with Crippen LogP contribution >= 0.6 is 11.6 Å². The third-order valence-electron chi connectivity index (χ3n) is 3.14. The van der Waals surface area contributed by atoms with Gasteiger partial charge in [-0.3, -0.25) is 9.59 Å². The molecule has 23 heavy (non-hydrogen) atoms. The van der Waals surface area contributed by atoms with Crippen molar-refractivity contribution in [2.45, 2.75) is 6.54 Å². The number of hydrogen-bond acceptors (Lipinski definition) is 5. The summed E-state index contributed by atoms with van der Waals surface area (Å²) in [6, 6.07) is 6.45. The Bertz CT molecular complexity index is 730. The zero-order valence-electron chi connectivity index (χ0n) is 11.9. The second-order valence-corrected chi connectivity index (χ2v) is 5.14. The SMILES string of the molecule is O=C(CNC(=O)c1cc(Cl)c2c(c1)OCO2)NCc1ccco1. The highest BCUT2D eigenvalue weighted by molar-refractivity contribution is 6.32. The van der Waals surface area contributed by atoms with Gasteiger partial charge < -0.3 is 24.5 Å². The molecule has 1 aliphatic heterocycles. The highest BCUT2D eigenvalue weighted by Gasteiger charge is 2.20. The molecule has 2 heterocycles. The molecule has 0 saturated heterocycles. The maximum absolute atomic E-state index is 12.1. The lowest BCUT2D eigenvalue weighted by Gasteiger charge is -2.07. The molecule has 0 radical (unpaired) electrons. The van der Waals surface area contributed by atoms with Crippen molar-refractivity contribution >= 4 is 23.4 Å². The molecule has 8 heteroatoms. The van der Waals surface area contributed by atoms with Gasteiger partial charge in [-0.25, -0.2) is 0 Å². The molecule has 7 nitrogen and oxygen atoms in total. The highest BCUT2D eigenvalue weighted by Crippen LogP contribution is 2.39. The summed E-state index contributed by atoms with van der Waals surface area (Å²) in [5.41, 5.74) is 0.290. The molecule has 2 amide bonds. The van der Waals surface area contributed by atoms with E-state index in [1.54, 1.807) is 12.1 Å². The first-order chi connectivity index (χ1) is 11.1. The molecule has 0 atom stereocenters. The normalized spacial score (nSPS) is 12.0. The summed E-state index contributed by atoms with van der Waals surface area (Å²) in [6.45, 7) is 0.165. The number of rotatable bonds is 5. The lowest BCUT2D eigenvalue weighted by molar-refractivity contribution is -0.120. The average Bonchev–Trinajstić information content (AvgIpc) is 3.21. The minimum atomic E-state index is -0.432. The summed E-state index contributed by atoms with van der Waals surface area (Å²) >= 11 is 6.01. The third-order valence-corrected chi connectivity index (χ3v) is 3.42. The predicted molar refractivity (Wildman–Crippen MR) is 80.5 cm³/mol. The second-order valence-electron chi connectivity index (χ2n) is 4.73. The van der Waals surface area contributed by atoms with Crippen molar-refractivity contribution in [1.29, 1.82) is 0 Å². The number of fused-ring (bicyclic) bond motifs is 1. The Balaban J connectivity index is 1.53. The summed E-state index contributed by atoms with van der Waals surface area (Å²) < 4.78 is 15.5. The highest BCUT2D eigenvalue weighted by atomic mass is 35.5. The fourth-order valence-electron chi connectivity index (χ4n) is 2.02. The quantitative estimate of drug-likeness (QED) is 0.867. The first-order valence-electron chi connectivity index (χ1n) is 6.80. The van der Waals surface area contributed by atoms with E-state index in [1.165, 1.54) is 18.4 Å². The van der Waals surface area contributed by atoms with Crippen molar-refractivity contribution in [3.05, 3.63) is 46.9 Å². The van der Waals surface area contributed by atoms with E-state index in [2.05, 4.69) is 10.6 Å². The zero-order valence-corrected chi connectivity index (χ0v) is 12.7. The van der Waals surface area contributed by atoms with Crippen molar-refractivity contribution in [3.63, 3.8) is 0 Å². The summed E-state index contributed by atoms with van der Waals surface area (Å²) in [5.74, 6) is 0.691. The summed E-state index contributed by atoms with van der Waals surface area (Å²) in [7, 11) is 0. The van der Waals surface area contributed by atoms with Crippen molar-refractivity contribution in [2.24, 2.45) is 0 Å². The Morgan fingerprint density at radius 1 is 1.22 bits per heavy atom. The molecule has 2 N–H and O–H groups in total. The zero-order chi connectivity index (χ0) is 16.2. The van der Waals surface area contributed by atoms with Crippen molar-refractivity contribution in [3.8, 4) is 11.5 Å². The van der Waals surface area contributed by atoms with Gasteiger partial charge in [0, 0.05) is 5.56 Å². The number of furan rings is 1. The maximum atomic E-state index is 12.1. The number of amides is 2. The van der Waals surface area contributed by atoms with Crippen LogP contribution in [-0.2, 0) is 11.3 Å². The van der Waals surface area contributed by atoms with Crippen LogP contribution in [0.3, 0.4) is 0 Å². The molecule has 1 aromatic heterocycles. The fraction of sp³-hybridized carbons (Fsp3) is 0.200. The van der Waals surface area contributed by atoms with Gasteiger partial charge in [0.1, 0.15) is 5.76 Å². The smallest absolute Gasteiger partial charge is 0.251 e. The molecule has 0 unspecified atom stereocenters. The van der Waals surface area contributed by atoms with E-state index in [-0.39, 0.29) is 36.4 Å². The van der Waals surface area contributed by atoms with Gasteiger partial charge in [0.25, 0.3) is 5.91 Å². The Labute approximate surface area is 136 Å².